The van der Waals surface area contributed by atoms with Crippen LogP contribution in [0.5, 0.6) is 5.75 Å². The normalized spacial score (nSPS) is 11.3. The van der Waals surface area contributed by atoms with Crippen molar-refractivity contribution in [2.75, 3.05) is 7.05 Å². The molecule has 174 valence electrons. The number of para-hydroxylation sites is 1. The van der Waals surface area contributed by atoms with Gasteiger partial charge >= 0.3 is 6.18 Å². The number of carbonyl (C=O) groups is 1. The number of ether oxygens (including phenoxy) is 1. The van der Waals surface area contributed by atoms with Crippen molar-refractivity contribution >= 4 is 17.5 Å². The Hall–Kier alpha value is -3.78. The maximum atomic E-state index is 13.3. The maximum absolute atomic E-state index is 13.3. The number of rotatable bonds is 6. The molecule has 0 saturated carbocycles. The van der Waals surface area contributed by atoms with Crippen LogP contribution in [0.15, 0.2) is 78.9 Å². The lowest BCUT2D eigenvalue weighted by atomic mass is 10.0. The third kappa shape index (κ3) is 5.07. The van der Waals surface area contributed by atoms with E-state index in [9.17, 15) is 18.0 Å². The zero-order chi connectivity index (χ0) is 24.3. The molecule has 4 rings (SSSR count). The summed E-state index contributed by atoms with van der Waals surface area (Å²) in [4.78, 5) is 11.7. The van der Waals surface area contributed by atoms with E-state index >= 15 is 0 Å². The van der Waals surface area contributed by atoms with Crippen LogP contribution in [0.4, 0.5) is 13.2 Å². The van der Waals surface area contributed by atoms with E-state index in [0.717, 1.165) is 21.9 Å². The smallest absolute Gasteiger partial charge is 0.435 e. The van der Waals surface area contributed by atoms with E-state index in [1.807, 2.05) is 24.3 Å². The molecule has 9 heteroatoms. The van der Waals surface area contributed by atoms with Crippen molar-refractivity contribution < 1.29 is 22.7 Å². The second kappa shape index (κ2) is 9.61. The molecular weight excluding hydrogens is 467 g/mol. The summed E-state index contributed by atoms with van der Waals surface area (Å²) in [7, 11) is 1.57. The Labute approximate surface area is 198 Å². The Bertz CT molecular complexity index is 1300. The summed E-state index contributed by atoms with van der Waals surface area (Å²) >= 11 is 6.18. The zero-order valence-electron chi connectivity index (χ0n) is 17.9. The Kier molecular flexibility index (Phi) is 6.61. The highest BCUT2D eigenvalue weighted by molar-refractivity contribution is 6.32. The van der Waals surface area contributed by atoms with Crippen molar-refractivity contribution in [3.8, 4) is 22.6 Å². The molecule has 1 aromatic heterocycles. The number of hydrogen-bond donors (Lipinski definition) is 1. The molecule has 3 aromatic carbocycles. The number of carbonyl (C=O) groups excluding carboxylic acids is 1. The highest BCUT2D eigenvalue weighted by atomic mass is 35.5. The lowest BCUT2D eigenvalue weighted by Gasteiger charge is -2.11. The molecule has 0 aliphatic carbocycles. The predicted octanol–water partition coefficient (Wildman–Crippen LogP) is 6.15. The van der Waals surface area contributed by atoms with Gasteiger partial charge in [0.25, 0.3) is 5.91 Å². The van der Waals surface area contributed by atoms with Crippen LogP contribution in [0.1, 0.15) is 21.7 Å². The minimum absolute atomic E-state index is 0.144. The first-order valence-electron chi connectivity index (χ1n) is 10.2. The summed E-state index contributed by atoms with van der Waals surface area (Å²) in [6, 6.07) is 21.7. The van der Waals surface area contributed by atoms with E-state index < -0.39 is 11.9 Å². The van der Waals surface area contributed by atoms with Crippen molar-refractivity contribution in [1.82, 2.24) is 15.1 Å². The number of aromatic nitrogens is 2. The Morgan fingerprint density at radius 3 is 2.21 bits per heavy atom. The van der Waals surface area contributed by atoms with E-state index in [2.05, 4.69) is 10.4 Å². The minimum Gasteiger partial charge on any atom is -0.487 e. The molecule has 1 N–H and O–H groups in total. The zero-order valence-corrected chi connectivity index (χ0v) is 18.7. The van der Waals surface area contributed by atoms with Gasteiger partial charge in [-0.2, -0.15) is 18.3 Å². The van der Waals surface area contributed by atoms with Crippen LogP contribution in [0, 0.1) is 0 Å². The summed E-state index contributed by atoms with van der Waals surface area (Å²) in [6.45, 7) is -0.144. The van der Waals surface area contributed by atoms with E-state index in [-0.39, 0.29) is 23.2 Å². The molecular formula is C25H19ClF3N3O2. The summed E-state index contributed by atoms with van der Waals surface area (Å²) in [5, 5.41) is 6.54. The van der Waals surface area contributed by atoms with Gasteiger partial charge in [0.15, 0.2) is 5.69 Å². The number of halogens is 4. The SMILES string of the molecule is CNC(=O)c1ccc(-c2ccc(OCc3cc(C(F)(F)F)nn3-c3ccccc3Cl)cc2)cc1. The van der Waals surface area contributed by atoms with Gasteiger partial charge < -0.3 is 10.1 Å². The number of benzene rings is 3. The number of nitrogens with zero attached hydrogens (tertiary/aromatic N) is 2. The van der Waals surface area contributed by atoms with Crippen molar-refractivity contribution in [1.29, 1.82) is 0 Å². The third-order valence-corrected chi connectivity index (χ3v) is 5.42. The number of hydrogen-bond acceptors (Lipinski definition) is 3. The summed E-state index contributed by atoms with van der Waals surface area (Å²) in [5.41, 5.74) is 1.87. The van der Waals surface area contributed by atoms with Crippen LogP contribution < -0.4 is 10.1 Å². The molecule has 0 aliphatic heterocycles. The van der Waals surface area contributed by atoms with Crippen LogP contribution in [-0.4, -0.2) is 22.7 Å². The Balaban J connectivity index is 1.53. The lowest BCUT2D eigenvalue weighted by Crippen LogP contribution is -2.17. The molecule has 0 spiro atoms. The van der Waals surface area contributed by atoms with Gasteiger partial charge in [-0.15, -0.1) is 0 Å². The molecule has 34 heavy (non-hydrogen) atoms. The highest BCUT2D eigenvalue weighted by Gasteiger charge is 2.35. The minimum atomic E-state index is -4.60. The predicted molar refractivity (Wildman–Crippen MR) is 123 cm³/mol. The van der Waals surface area contributed by atoms with Gasteiger partial charge in [0.1, 0.15) is 12.4 Å². The first kappa shape index (κ1) is 23.4. The molecule has 0 atom stereocenters. The topological polar surface area (TPSA) is 56.1 Å². The standard InChI is InChI=1S/C25H19ClF3N3O2/c1-30-24(33)18-8-6-16(7-9-18)17-10-12-20(13-11-17)34-15-19-14-23(25(27,28)29)31-32(19)22-5-3-2-4-21(22)26/h2-14H,15H2,1H3,(H,30,33). The van der Waals surface area contributed by atoms with E-state index in [1.165, 1.54) is 0 Å². The monoisotopic (exact) mass is 485 g/mol. The fourth-order valence-corrected chi connectivity index (χ4v) is 3.57. The average Bonchev–Trinajstić information content (AvgIpc) is 3.28. The van der Waals surface area contributed by atoms with Crippen LogP contribution in [0.3, 0.4) is 0 Å². The van der Waals surface area contributed by atoms with Gasteiger partial charge in [0.2, 0.25) is 0 Å². The number of nitrogens with one attached hydrogen (secondary N) is 1. The van der Waals surface area contributed by atoms with Gasteiger partial charge in [-0.3, -0.25) is 4.79 Å². The molecule has 0 unspecified atom stereocenters. The number of alkyl halides is 3. The van der Waals surface area contributed by atoms with Gasteiger partial charge in [-0.25, -0.2) is 4.68 Å². The second-order valence-electron chi connectivity index (χ2n) is 7.35. The largest absolute Gasteiger partial charge is 0.487 e. The van der Waals surface area contributed by atoms with Gasteiger partial charge in [0.05, 0.1) is 16.4 Å². The van der Waals surface area contributed by atoms with Crippen molar-refractivity contribution in [2.24, 2.45) is 0 Å². The van der Waals surface area contributed by atoms with Crippen molar-refractivity contribution in [3.05, 3.63) is 101 Å². The van der Waals surface area contributed by atoms with E-state index in [0.29, 0.717) is 17.0 Å². The molecule has 0 saturated heterocycles. The number of amides is 1. The molecule has 0 radical (unpaired) electrons. The quantitative estimate of drug-likeness (QED) is 0.356. The van der Waals surface area contributed by atoms with E-state index in [1.54, 1.807) is 55.6 Å². The van der Waals surface area contributed by atoms with Crippen molar-refractivity contribution in [2.45, 2.75) is 12.8 Å². The van der Waals surface area contributed by atoms with Crippen molar-refractivity contribution in [3.63, 3.8) is 0 Å². The maximum Gasteiger partial charge on any atom is 0.435 e. The first-order valence-corrected chi connectivity index (χ1v) is 10.6. The molecule has 0 fully saturated rings. The second-order valence-corrected chi connectivity index (χ2v) is 7.76. The summed E-state index contributed by atoms with van der Waals surface area (Å²) < 4.78 is 46.8. The van der Waals surface area contributed by atoms with Crippen LogP contribution in [0.2, 0.25) is 5.02 Å². The van der Waals surface area contributed by atoms with E-state index in [4.69, 9.17) is 16.3 Å². The highest BCUT2D eigenvalue weighted by Crippen LogP contribution is 2.31. The Morgan fingerprint density at radius 2 is 1.62 bits per heavy atom. The fourth-order valence-electron chi connectivity index (χ4n) is 3.35. The molecule has 4 aromatic rings. The summed E-state index contributed by atoms with van der Waals surface area (Å²) in [5.74, 6) is 0.311. The van der Waals surface area contributed by atoms with Gasteiger partial charge in [-0.05, 0) is 53.6 Å². The fraction of sp³-hybridized carbons (Fsp3) is 0.120. The molecule has 1 amide bonds. The molecule has 1 heterocycles. The molecule has 0 bridgehead atoms. The van der Waals surface area contributed by atoms with Crippen LogP contribution in [0.25, 0.3) is 16.8 Å². The van der Waals surface area contributed by atoms with Crippen LogP contribution >= 0.6 is 11.6 Å². The average molecular weight is 486 g/mol. The molecule has 0 aliphatic rings. The van der Waals surface area contributed by atoms with Crippen LogP contribution in [-0.2, 0) is 12.8 Å². The van der Waals surface area contributed by atoms with Gasteiger partial charge in [0, 0.05) is 12.6 Å². The molecule has 5 nitrogen and oxygen atoms in total. The first-order chi connectivity index (χ1) is 16.3. The van der Waals surface area contributed by atoms with Gasteiger partial charge in [-0.1, -0.05) is 48.0 Å². The Morgan fingerprint density at radius 1 is 1.00 bits per heavy atom. The summed E-state index contributed by atoms with van der Waals surface area (Å²) in [6.07, 6.45) is -4.60. The third-order valence-electron chi connectivity index (χ3n) is 5.10. The lowest BCUT2D eigenvalue weighted by molar-refractivity contribution is -0.141.